The third kappa shape index (κ3) is 3.28. The molecule has 1 amide bonds. The monoisotopic (exact) mass is 360 g/mol. The minimum atomic E-state index is -0.532. The van der Waals surface area contributed by atoms with Gasteiger partial charge in [0, 0.05) is 12.2 Å². The molecule has 0 radical (unpaired) electrons. The van der Waals surface area contributed by atoms with Crippen LogP contribution in [0.25, 0.3) is 0 Å². The molecule has 0 bridgehead atoms. The number of methoxy groups -OCH3 is 1. The molecule has 1 aromatic rings. The van der Waals surface area contributed by atoms with Crippen molar-refractivity contribution in [3.63, 3.8) is 0 Å². The maximum atomic E-state index is 12.6. The number of rotatable bonds is 4. The number of nitrogens with zero attached hydrogens (tertiary/aromatic N) is 2. The van der Waals surface area contributed by atoms with E-state index in [0.717, 1.165) is 11.3 Å². The minimum Gasteiger partial charge on any atom is -0.494 e. The number of carbonyl (C=O) groups is 2. The molecule has 6 nitrogen and oxygen atoms in total. The highest BCUT2D eigenvalue weighted by atomic mass is 32.2. The summed E-state index contributed by atoms with van der Waals surface area (Å²) >= 11 is 1.53. The minimum absolute atomic E-state index is 0.0368. The number of esters is 1. The fraction of sp³-hybridized carbons (Fsp3) is 0.389. The maximum Gasteiger partial charge on any atom is 0.338 e. The zero-order chi connectivity index (χ0) is 18.0. The quantitative estimate of drug-likeness (QED) is 0.772. The summed E-state index contributed by atoms with van der Waals surface area (Å²) in [7, 11) is 1.34. The first-order valence-electron chi connectivity index (χ1n) is 8.12. The number of fused-ring (bicyclic) bond motifs is 1. The van der Waals surface area contributed by atoms with Crippen molar-refractivity contribution >= 4 is 28.8 Å². The number of thioether (sulfide) groups is 1. The van der Waals surface area contributed by atoms with Crippen LogP contribution < -0.4 is 4.74 Å². The molecule has 0 aliphatic carbocycles. The molecule has 2 heterocycles. The number of benzene rings is 1. The van der Waals surface area contributed by atoms with E-state index in [1.54, 1.807) is 11.8 Å². The molecule has 1 fully saturated rings. The van der Waals surface area contributed by atoms with Crippen molar-refractivity contribution in [2.45, 2.75) is 26.3 Å². The lowest BCUT2D eigenvalue weighted by atomic mass is 9.94. The van der Waals surface area contributed by atoms with Crippen molar-refractivity contribution in [2.24, 2.45) is 4.99 Å². The third-order valence-electron chi connectivity index (χ3n) is 4.12. The number of amides is 1. The van der Waals surface area contributed by atoms with Crippen LogP contribution in [0.4, 0.5) is 0 Å². The normalized spacial score (nSPS) is 20.1. The van der Waals surface area contributed by atoms with E-state index in [0.29, 0.717) is 35.2 Å². The molecule has 1 atom stereocenters. The molecular weight excluding hydrogens is 340 g/mol. The van der Waals surface area contributed by atoms with E-state index in [-0.39, 0.29) is 5.91 Å². The van der Waals surface area contributed by atoms with Gasteiger partial charge in [-0.25, -0.2) is 9.79 Å². The molecule has 2 aliphatic rings. The number of ether oxygens (including phenoxy) is 2. The Balaban J connectivity index is 2.09. The highest BCUT2D eigenvalue weighted by molar-refractivity contribution is 8.14. The van der Waals surface area contributed by atoms with Gasteiger partial charge in [0.05, 0.1) is 31.0 Å². The van der Waals surface area contributed by atoms with Crippen LogP contribution in [0.2, 0.25) is 0 Å². The third-order valence-corrected chi connectivity index (χ3v) is 5.07. The maximum absolute atomic E-state index is 12.6. The fourth-order valence-corrected chi connectivity index (χ4v) is 4.00. The molecular formula is C18H20N2O4S. The lowest BCUT2D eigenvalue weighted by molar-refractivity contribution is -0.137. The summed E-state index contributed by atoms with van der Waals surface area (Å²) in [6.45, 7) is 4.27. The standard InChI is InChI=1S/C18H20N2O4S/c1-4-24-13-7-5-12(6-8-13)16-15(17(22)23-3)11(2)19-18-20(16)14(21)9-10-25-18/h5-8,16H,4,9-10H2,1-3H3/t16-/m1/s1. The van der Waals surface area contributed by atoms with Gasteiger partial charge in [-0.05, 0) is 31.5 Å². The molecule has 7 heteroatoms. The Bertz CT molecular complexity index is 755. The summed E-state index contributed by atoms with van der Waals surface area (Å²) in [6.07, 6.45) is 0.421. The van der Waals surface area contributed by atoms with Crippen molar-refractivity contribution in [3.05, 3.63) is 41.1 Å². The SMILES string of the molecule is CCOc1ccc([C@@H]2C(C(=O)OC)=C(C)N=C3SCCC(=O)N32)cc1. The van der Waals surface area contributed by atoms with Crippen LogP contribution in [0.1, 0.15) is 31.9 Å². The molecule has 0 saturated carbocycles. The second-order valence-electron chi connectivity index (χ2n) is 5.65. The van der Waals surface area contributed by atoms with Crippen molar-refractivity contribution in [2.75, 3.05) is 19.5 Å². The average Bonchev–Trinajstić information content (AvgIpc) is 2.61. The lowest BCUT2D eigenvalue weighted by Crippen LogP contribution is -2.45. The predicted octanol–water partition coefficient (Wildman–Crippen LogP) is 2.91. The van der Waals surface area contributed by atoms with Gasteiger partial charge in [-0.15, -0.1) is 0 Å². The van der Waals surface area contributed by atoms with Gasteiger partial charge in [-0.2, -0.15) is 0 Å². The van der Waals surface area contributed by atoms with Gasteiger partial charge in [0.1, 0.15) is 5.75 Å². The van der Waals surface area contributed by atoms with Crippen LogP contribution in [0.15, 0.2) is 40.5 Å². The Kier molecular flexibility index (Phi) is 5.13. The molecule has 25 heavy (non-hydrogen) atoms. The Morgan fingerprint density at radius 1 is 1.36 bits per heavy atom. The molecule has 0 N–H and O–H groups in total. The molecule has 3 rings (SSSR count). The molecule has 0 unspecified atom stereocenters. The zero-order valence-corrected chi connectivity index (χ0v) is 15.3. The van der Waals surface area contributed by atoms with E-state index in [9.17, 15) is 9.59 Å². The lowest BCUT2D eigenvalue weighted by Gasteiger charge is -2.38. The number of hydrogen-bond acceptors (Lipinski definition) is 6. The first-order valence-corrected chi connectivity index (χ1v) is 9.10. The van der Waals surface area contributed by atoms with Crippen LogP contribution in [0, 0.1) is 0 Å². The Morgan fingerprint density at radius 3 is 2.72 bits per heavy atom. The van der Waals surface area contributed by atoms with E-state index in [1.165, 1.54) is 18.9 Å². The Labute approximate surface area is 150 Å². The first-order chi connectivity index (χ1) is 12.1. The summed E-state index contributed by atoms with van der Waals surface area (Å²) in [5.74, 6) is 0.939. The average molecular weight is 360 g/mol. The van der Waals surface area contributed by atoms with Gasteiger partial charge in [-0.3, -0.25) is 9.69 Å². The van der Waals surface area contributed by atoms with Crippen molar-refractivity contribution in [3.8, 4) is 5.75 Å². The summed E-state index contributed by atoms with van der Waals surface area (Å²) < 4.78 is 10.4. The smallest absolute Gasteiger partial charge is 0.338 e. The topological polar surface area (TPSA) is 68.2 Å². The number of carbonyl (C=O) groups excluding carboxylic acids is 2. The van der Waals surface area contributed by atoms with Gasteiger partial charge in [-0.1, -0.05) is 23.9 Å². The van der Waals surface area contributed by atoms with Crippen molar-refractivity contribution in [1.29, 1.82) is 0 Å². The van der Waals surface area contributed by atoms with Gasteiger partial charge < -0.3 is 9.47 Å². The summed E-state index contributed by atoms with van der Waals surface area (Å²) in [5, 5.41) is 0.639. The summed E-state index contributed by atoms with van der Waals surface area (Å²) in [4.78, 5) is 31.1. The van der Waals surface area contributed by atoms with Crippen LogP contribution >= 0.6 is 11.8 Å². The Hall–Kier alpha value is -2.28. The van der Waals surface area contributed by atoms with Crippen LogP contribution in [-0.2, 0) is 14.3 Å². The summed E-state index contributed by atoms with van der Waals surface area (Å²) in [6, 6.07) is 6.91. The van der Waals surface area contributed by atoms with Gasteiger partial charge >= 0.3 is 5.97 Å². The van der Waals surface area contributed by atoms with Crippen LogP contribution in [0.5, 0.6) is 5.75 Å². The van der Waals surface area contributed by atoms with Crippen molar-refractivity contribution in [1.82, 2.24) is 4.90 Å². The Morgan fingerprint density at radius 2 is 2.08 bits per heavy atom. The number of amidine groups is 1. The molecule has 0 aromatic heterocycles. The molecule has 1 aromatic carbocycles. The van der Waals surface area contributed by atoms with Crippen LogP contribution in [0.3, 0.4) is 0 Å². The fourth-order valence-electron chi connectivity index (χ4n) is 3.00. The second kappa shape index (κ2) is 7.31. The zero-order valence-electron chi connectivity index (χ0n) is 14.4. The van der Waals surface area contributed by atoms with Gasteiger partial charge in [0.15, 0.2) is 5.17 Å². The van der Waals surface area contributed by atoms with E-state index in [1.807, 2.05) is 31.2 Å². The number of allylic oxidation sites excluding steroid dienone is 1. The van der Waals surface area contributed by atoms with E-state index in [2.05, 4.69) is 4.99 Å². The molecule has 1 saturated heterocycles. The van der Waals surface area contributed by atoms with E-state index in [4.69, 9.17) is 9.47 Å². The number of hydrogen-bond donors (Lipinski definition) is 0. The van der Waals surface area contributed by atoms with E-state index >= 15 is 0 Å². The van der Waals surface area contributed by atoms with E-state index < -0.39 is 12.0 Å². The first kappa shape index (κ1) is 17.5. The second-order valence-corrected chi connectivity index (χ2v) is 6.71. The number of aliphatic imine (C=N–C) groups is 1. The van der Waals surface area contributed by atoms with Gasteiger partial charge in [0.2, 0.25) is 5.91 Å². The van der Waals surface area contributed by atoms with Crippen LogP contribution in [-0.4, -0.2) is 41.4 Å². The molecule has 0 spiro atoms. The van der Waals surface area contributed by atoms with Gasteiger partial charge in [0.25, 0.3) is 0 Å². The predicted molar refractivity (Wildman–Crippen MR) is 96.4 cm³/mol. The molecule has 132 valence electrons. The summed E-state index contributed by atoms with van der Waals surface area (Å²) in [5.41, 5.74) is 1.80. The highest BCUT2D eigenvalue weighted by Gasteiger charge is 2.41. The largest absolute Gasteiger partial charge is 0.494 e. The highest BCUT2D eigenvalue weighted by Crippen LogP contribution is 2.40. The van der Waals surface area contributed by atoms with Crippen molar-refractivity contribution < 1.29 is 19.1 Å². The molecule has 2 aliphatic heterocycles.